The first-order valence-electron chi connectivity index (χ1n) is 5.36. The van der Waals surface area contributed by atoms with Crippen LogP contribution in [0.25, 0.3) is 0 Å². The van der Waals surface area contributed by atoms with Crippen molar-refractivity contribution in [3.63, 3.8) is 0 Å². The average Bonchev–Trinajstić information content (AvgIpc) is 2.91. The van der Waals surface area contributed by atoms with Gasteiger partial charge in [0, 0.05) is 5.56 Å². The number of hydrogen-bond acceptors (Lipinski definition) is 5. The van der Waals surface area contributed by atoms with E-state index >= 15 is 0 Å². The predicted octanol–water partition coefficient (Wildman–Crippen LogP) is -0.0394. The highest BCUT2D eigenvalue weighted by Gasteiger charge is 2.04. The number of nitrogens with two attached hydrogens (primary N) is 1. The number of hydrogen-bond donors (Lipinski definition) is 2. The molecule has 0 atom stereocenters. The van der Waals surface area contributed by atoms with Gasteiger partial charge >= 0.3 is 0 Å². The Labute approximate surface area is 104 Å². The summed E-state index contributed by atoms with van der Waals surface area (Å²) < 4.78 is 7.17. The SMILES string of the molecule is NNC(=O)c1cccc(OCCn2cncn2)c1. The summed E-state index contributed by atoms with van der Waals surface area (Å²) in [7, 11) is 0. The number of nitrogen functional groups attached to an aromatic ring is 1. The average molecular weight is 247 g/mol. The summed E-state index contributed by atoms with van der Waals surface area (Å²) in [4.78, 5) is 15.1. The number of nitrogens with zero attached hydrogens (tertiary/aromatic N) is 3. The third-order valence-electron chi connectivity index (χ3n) is 2.28. The lowest BCUT2D eigenvalue weighted by atomic mass is 10.2. The molecule has 0 unspecified atom stereocenters. The largest absolute Gasteiger partial charge is 0.492 e. The van der Waals surface area contributed by atoms with Gasteiger partial charge in [0.15, 0.2) is 0 Å². The number of aromatic nitrogens is 3. The Bertz CT molecular complexity index is 512. The second kappa shape index (κ2) is 5.78. The second-order valence-electron chi connectivity index (χ2n) is 3.51. The zero-order valence-electron chi connectivity index (χ0n) is 9.61. The van der Waals surface area contributed by atoms with Gasteiger partial charge in [-0.05, 0) is 18.2 Å². The van der Waals surface area contributed by atoms with Gasteiger partial charge in [-0.25, -0.2) is 15.5 Å². The van der Waals surface area contributed by atoms with Crippen molar-refractivity contribution in [3.05, 3.63) is 42.5 Å². The van der Waals surface area contributed by atoms with E-state index in [0.29, 0.717) is 24.5 Å². The van der Waals surface area contributed by atoms with Crippen LogP contribution in [0.3, 0.4) is 0 Å². The fourth-order valence-electron chi connectivity index (χ4n) is 1.42. The first-order chi connectivity index (χ1) is 8.79. The minimum atomic E-state index is -0.350. The summed E-state index contributed by atoms with van der Waals surface area (Å²) in [5.74, 6) is 5.32. The molecule has 1 heterocycles. The van der Waals surface area contributed by atoms with E-state index in [1.165, 1.54) is 6.33 Å². The van der Waals surface area contributed by atoms with E-state index in [9.17, 15) is 4.79 Å². The van der Waals surface area contributed by atoms with Crippen molar-refractivity contribution >= 4 is 5.91 Å². The molecule has 0 saturated carbocycles. The third-order valence-corrected chi connectivity index (χ3v) is 2.28. The van der Waals surface area contributed by atoms with Crippen LogP contribution >= 0.6 is 0 Å². The molecule has 1 amide bonds. The van der Waals surface area contributed by atoms with E-state index in [2.05, 4.69) is 15.5 Å². The van der Waals surface area contributed by atoms with Crippen LogP contribution in [-0.2, 0) is 6.54 Å². The highest BCUT2D eigenvalue weighted by atomic mass is 16.5. The zero-order chi connectivity index (χ0) is 12.8. The fraction of sp³-hybridized carbons (Fsp3) is 0.182. The number of rotatable bonds is 5. The van der Waals surface area contributed by atoms with E-state index in [1.807, 2.05) is 0 Å². The highest BCUT2D eigenvalue weighted by Crippen LogP contribution is 2.13. The van der Waals surface area contributed by atoms with Crippen molar-refractivity contribution in [2.45, 2.75) is 6.54 Å². The summed E-state index contributed by atoms with van der Waals surface area (Å²) >= 11 is 0. The molecular formula is C11H13N5O2. The molecular weight excluding hydrogens is 234 g/mol. The maximum Gasteiger partial charge on any atom is 0.265 e. The van der Waals surface area contributed by atoms with Crippen LogP contribution in [0.2, 0.25) is 0 Å². The van der Waals surface area contributed by atoms with Crippen molar-refractivity contribution in [3.8, 4) is 5.75 Å². The smallest absolute Gasteiger partial charge is 0.265 e. The van der Waals surface area contributed by atoms with Crippen LogP contribution in [0.1, 0.15) is 10.4 Å². The number of hydrazine groups is 1. The number of amides is 1. The molecule has 0 bridgehead atoms. The fourth-order valence-corrected chi connectivity index (χ4v) is 1.42. The second-order valence-corrected chi connectivity index (χ2v) is 3.51. The number of carbonyl (C=O) groups excluding carboxylic acids is 1. The van der Waals surface area contributed by atoms with E-state index < -0.39 is 0 Å². The molecule has 0 saturated heterocycles. The summed E-state index contributed by atoms with van der Waals surface area (Å²) in [5, 5.41) is 3.95. The van der Waals surface area contributed by atoms with Gasteiger partial charge in [0.2, 0.25) is 0 Å². The molecule has 94 valence electrons. The van der Waals surface area contributed by atoms with Crippen LogP contribution in [-0.4, -0.2) is 27.3 Å². The Morgan fingerprint density at radius 2 is 2.39 bits per heavy atom. The first kappa shape index (κ1) is 12.1. The van der Waals surface area contributed by atoms with Gasteiger partial charge in [-0.3, -0.25) is 10.2 Å². The number of benzene rings is 1. The number of ether oxygens (including phenoxy) is 1. The Morgan fingerprint density at radius 1 is 1.50 bits per heavy atom. The highest BCUT2D eigenvalue weighted by molar-refractivity contribution is 5.94. The van der Waals surface area contributed by atoms with Crippen molar-refractivity contribution in [2.75, 3.05) is 6.61 Å². The quantitative estimate of drug-likeness (QED) is 0.439. The summed E-state index contributed by atoms with van der Waals surface area (Å²) in [6.07, 6.45) is 3.08. The van der Waals surface area contributed by atoms with E-state index in [-0.39, 0.29) is 5.91 Å². The standard InChI is InChI=1S/C11H13N5O2/c12-15-11(17)9-2-1-3-10(6-9)18-5-4-16-8-13-7-14-16/h1-3,6-8H,4-5,12H2,(H,15,17). The van der Waals surface area contributed by atoms with Gasteiger partial charge in [0.25, 0.3) is 5.91 Å². The lowest BCUT2D eigenvalue weighted by Crippen LogP contribution is -2.29. The van der Waals surface area contributed by atoms with Crippen LogP contribution in [0, 0.1) is 0 Å². The Morgan fingerprint density at radius 3 is 3.11 bits per heavy atom. The maximum absolute atomic E-state index is 11.3. The monoisotopic (exact) mass is 247 g/mol. The van der Waals surface area contributed by atoms with Crippen molar-refractivity contribution in [1.82, 2.24) is 20.2 Å². The summed E-state index contributed by atoms with van der Waals surface area (Å²) in [6, 6.07) is 6.79. The van der Waals surface area contributed by atoms with Crippen LogP contribution in [0.15, 0.2) is 36.9 Å². The molecule has 0 aliphatic rings. The molecule has 18 heavy (non-hydrogen) atoms. The maximum atomic E-state index is 11.3. The number of carbonyl (C=O) groups is 1. The predicted molar refractivity (Wildman–Crippen MR) is 63.6 cm³/mol. The van der Waals surface area contributed by atoms with Crippen LogP contribution in [0.5, 0.6) is 5.75 Å². The normalized spacial score (nSPS) is 10.1. The summed E-state index contributed by atoms with van der Waals surface area (Å²) in [6.45, 7) is 1.03. The molecule has 3 N–H and O–H groups in total. The van der Waals surface area contributed by atoms with Crippen LogP contribution in [0.4, 0.5) is 0 Å². The minimum absolute atomic E-state index is 0.350. The molecule has 0 aliphatic carbocycles. The third kappa shape index (κ3) is 3.05. The van der Waals surface area contributed by atoms with Gasteiger partial charge in [-0.15, -0.1) is 0 Å². The Kier molecular flexibility index (Phi) is 3.87. The van der Waals surface area contributed by atoms with Crippen molar-refractivity contribution in [2.24, 2.45) is 5.84 Å². The Balaban J connectivity index is 1.91. The van der Waals surface area contributed by atoms with Crippen molar-refractivity contribution in [1.29, 1.82) is 0 Å². The lowest BCUT2D eigenvalue weighted by Gasteiger charge is -2.07. The van der Waals surface area contributed by atoms with E-state index in [0.717, 1.165) is 0 Å². The molecule has 0 spiro atoms. The minimum Gasteiger partial charge on any atom is -0.492 e. The van der Waals surface area contributed by atoms with Crippen LogP contribution < -0.4 is 16.0 Å². The van der Waals surface area contributed by atoms with Gasteiger partial charge in [-0.2, -0.15) is 5.10 Å². The molecule has 1 aromatic carbocycles. The Hall–Kier alpha value is -2.41. The molecule has 7 heteroatoms. The molecule has 2 rings (SSSR count). The van der Waals surface area contributed by atoms with Gasteiger partial charge in [0.1, 0.15) is 25.0 Å². The topological polar surface area (TPSA) is 95.1 Å². The lowest BCUT2D eigenvalue weighted by molar-refractivity contribution is 0.0953. The molecule has 1 aromatic heterocycles. The van der Waals surface area contributed by atoms with Gasteiger partial charge in [-0.1, -0.05) is 6.07 Å². The molecule has 7 nitrogen and oxygen atoms in total. The summed E-state index contributed by atoms with van der Waals surface area (Å²) in [5.41, 5.74) is 2.52. The van der Waals surface area contributed by atoms with Crippen molar-refractivity contribution < 1.29 is 9.53 Å². The molecule has 2 aromatic rings. The molecule has 0 aliphatic heterocycles. The number of nitrogens with one attached hydrogen (secondary N) is 1. The molecule has 0 radical (unpaired) electrons. The van der Waals surface area contributed by atoms with E-state index in [1.54, 1.807) is 35.3 Å². The van der Waals surface area contributed by atoms with Gasteiger partial charge < -0.3 is 4.74 Å². The zero-order valence-corrected chi connectivity index (χ0v) is 9.61. The van der Waals surface area contributed by atoms with E-state index in [4.69, 9.17) is 10.6 Å². The molecule has 0 fully saturated rings. The van der Waals surface area contributed by atoms with Gasteiger partial charge in [0.05, 0.1) is 6.54 Å². The first-order valence-corrected chi connectivity index (χ1v) is 5.36.